The predicted octanol–water partition coefficient (Wildman–Crippen LogP) is 20.3. The summed E-state index contributed by atoms with van der Waals surface area (Å²) in [6.45, 7) is 30.3. The number of amides is 1. The molecule has 0 saturated carbocycles. The molecule has 0 radical (unpaired) electrons. The summed E-state index contributed by atoms with van der Waals surface area (Å²) in [5, 5.41) is 15.9. The van der Waals surface area contributed by atoms with Crippen molar-refractivity contribution in [3.05, 3.63) is 192 Å². The molecule has 7 rings (SSSR count). The van der Waals surface area contributed by atoms with Crippen LogP contribution < -0.4 is 5.32 Å². The van der Waals surface area contributed by atoms with Gasteiger partial charge in [0.25, 0.3) is 5.79 Å². The lowest BCUT2D eigenvalue weighted by atomic mass is 9.92. The van der Waals surface area contributed by atoms with Crippen molar-refractivity contribution in [1.29, 1.82) is 0 Å². The Bertz CT molecular complexity index is 3360. The molecule has 2 fully saturated rings. The first-order valence-electron chi connectivity index (χ1n) is 41.9. The van der Waals surface area contributed by atoms with Crippen molar-refractivity contribution >= 4 is 34.5 Å². The minimum atomic E-state index is -2.85. The number of benzene rings is 5. The van der Waals surface area contributed by atoms with Crippen LogP contribution in [0.15, 0.2) is 164 Å². The summed E-state index contributed by atoms with van der Waals surface area (Å²) in [7, 11) is -5.66. The van der Waals surface area contributed by atoms with Crippen LogP contribution in [0.3, 0.4) is 0 Å². The number of rotatable bonds is 53. The number of nitrogens with one attached hydrogen (secondary N) is 1. The van der Waals surface area contributed by atoms with E-state index in [1.165, 1.54) is 64.2 Å². The van der Waals surface area contributed by atoms with Crippen LogP contribution in [0, 0.1) is 0 Å². The molecule has 17 nitrogen and oxygen atoms in total. The van der Waals surface area contributed by atoms with E-state index >= 15 is 14.4 Å². The maximum absolute atomic E-state index is 16.1. The van der Waals surface area contributed by atoms with Gasteiger partial charge in [-0.05, 0) is 76.9 Å². The van der Waals surface area contributed by atoms with Crippen LogP contribution in [0.4, 0.5) is 0 Å². The Kier molecular flexibility index (Phi) is 40.4. The minimum absolute atomic E-state index is 0.0187. The number of esters is 2. The molecule has 5 aromatic carbocycles. The molecular formula is C92H139NO16Si2. The number of hydrogen-bond donors (Lipinski definition) is 2. The third-order valence-corrected chi connectivity index (χ3v) is 31.4. The van der Waals surface area contributed by atoms with Crippen molar-refractivity contribution in [2.24, 2.45) is 0 Å². The van der Waals surface area contributed by atoms with Gasteiger partial charge in [-0.15, -0.1) is 6.58 Å². The number of aliphatic hydroxyl groups excluding tert-OH is 1. The topological polar surface area (TPSA) is 194 Å². The van der Waals surface area contributed by atoms with E-state index in [1.807, 2.05) is 152 Å². The van der Waals surface area contributed by atoms with Crippen LogP contribution in [0.2, 0.25) is 36.3 Å². The first-order chi connectivity index (χ1) is 53.3. The monoisotopic (exact) mass is 1570 g/mol. The molecule has 2 aliphatic rings. The number of carbonyl (C=O) groups is 3. The highest BCUT2D eigenvalue weighted by atomic mass is 28.4. The smallest absolute Gasteiger partial charge is 0.367 e. The summed E-state index contributed by atoms with van der Waals surface area (Å²) in [5.41, 5.74) is 4.48. The van der Waals surface area contributed by atoms with E-state index in [4.69, 9.17) is 56.2 Å². The van der Waals surface area contributed by atoms with Gasteiger partial charge in [0.05, 0.1) is 83.5 Å². The molecule has 0 bridgehead atoms. The van der Waals surface area contributed by atoms with Crippen molar-refractivity contribution in [1.82, 2.24) is 5.32 Å². The van der Waals surface area contributed by atoms with E-state index < -0.39 is 114 Å². The number of aliphatic hydroxyl groups is 1. The minimum Gasteiger partial charge on any atom is -0.457 e. The molecular weight excluding hydrogens is 1430 g/mol. The van der Waals surface area contributed by atoms with Gasteiger partial charge in [0.15, 0.2) is 29.0 Å². The maximum Gasteiger partial charge on any atom is 0.367 e. The third-order valence-electron chi connectivity index (χ3n) is 22.4. The molecule has 0 aromatic heterocycles. The fraction of sp³-hybridized carbons (Fsp3) is 0.620. The highest BCUT2D eigenvalue weighted by molar-refractivity contribution is 6.74. The zero-order valence-electron chi connectivity index (χ0n) is 69.6. The Labute approximate surface area is 669 Å². The molecule has 616 valence electrons. The van der Waals surface area contributed by atoms with Crippen LogP contribution in [0.5, 0.6) is 0 Å². The molecule has 12 atom stereocenters. The van der Waals surface area contributed by atoms with E-state index in [1.54, 1.807) is 6.08 Å². The third kappa shape index (κ3) is 32.1. The van der Waals surface area contributed by atoms with Crippen molar-refractivity contribution in [3.63, 3.8) is 0 Å². The van der Waals surface area contributed by atoms with Crippen LogP contribution in [-0.4, -0.2) is 132 Å². The fourth-order valence-electron chi connectivity index (χ4n) is 13.7. The molecule has 0 spiro atoms. The normalized spacial score (nSPS) is 21.3. The number of unbranched alkanes of at least 4 members (excludes halogenated alkanes) is 16. The first kappa shape index (κ1) is 92.4. The Morgan fingerprint density at radius 1 is 0.559 bits per heavy atom. The zero-order chi connectivity index (χ0) is 80.0. The SMILES string of the molecule is C=CCO[C@H]1O[C@H](COC2(C(=O)OCc3ccccc3)C[C@@H](O[Si](C)(C)C(C)(C)C)[C@@H](O[Si](C)(C)C(C)(C)C)[C@@H]([C@@H](COCc3ccccc3)OCc3ccccc3)O2)[C@@H](O)[C@H](OC(=O)C[C@@H](CCCCCCCCCCC)OCc2ccccc2)[C@H]1NC(=O)C[C@@H](CCCCCCCCCCC)OCc1ccccc1. The van der Waals surface area contributed by atoms with Crippen molar-refractivity contribution in [2.45, 2.75) is 345 Å². The second kappa shape index (κ2) is 48.6. The fourth-order valence-corrected chi connectivity index (χ4v) is 16.3. The van der Waals surface area contributed by atoms with Gasteiger partial charge in [0, 0.05) is 6.42 Å². The lowest BCUT2D eigenvalue weighted by Gasteiger charge is -2.53. The molecule has 0 aliphatic carbocycles. The van der Waals surface area contributed by atoms with Gasteiger partial charge < -0.3 is 66.6 Å². The summed E-state index contributed by atoms with van der Waals surface area (Å²) in [4.78, 5) is 46.5. The van der Waals surface area contributed by atoms with E-state index in [2.05, 4.69) is 93.5 Å². The molecule has 1 unspecified atom stereocenters. The highest BCUT2D eigenvalue weighted by Gasteiger charge is 2.61. The lowest BCUT2D eigenvalue weighted by Crippen LogP contribution is -2.69. The van der Waals surface area contributed by atoms with Gasteiger partial charge in [-0.2, -0.15) is 0 Å². The molecule has 2 N–H and O–H groups in total. The molecule has 2 saturated heterocycles. The van der Waals surface area contributed by atoms with Crippen molar-refractivity contribution in [3.8, 4) is 0 Å². The molecule has 2 heterocycles. The second-order valence-electron chi connectivity index (χ2n) is 33.7. The predicted molar refractivity (Wildman–Crippen MR) is 445 cm³/mol. The lowest BCUT2D eigenvalue weighted by molar-refractivity contribution is -0.341. The maximum atomic E-state index is 16.1. The Balaban J connectivity index is 1.31. The van der Waals surface area contributed by atoms with Gasteiger partial charge in [0.2, 0.25) is 5.91 Å². The van der Waals surface area contributed by atoms with E-state index in [0.717, 1.165) is 73.6 Å². The van der Waals surface area contributed by atoms with Crippen molar-refractivity contribution < 1.29 is 75.7 Å². The molecule has 5 aromatic rings. The highest BCUT2D eigenvalue weighted by Crippen LogP contribution is 2.47. The van der Waals surface area contributed by atoms with Crippen LogP contribution >= 0.6 is 0 Å². The number of hydrogen-bond acceptors (Lipinski definition) is 16. The van der Waals surface area contributed by atoms with Gasteiger partial charge in [-0.3, -0.25) is 9.59 Å². The van der Waals surface area contributed by atoms with Crippen LogP contribution in [-0.2, 0) is 104 Å². The summed E-state index contributed by atoms with van der Waals surface area (Å²) in [6.07, 6.45) is 11.6. The second-order valence-corrected chi connectivity index (χ2v) is 43.2. The van der Waals surface area contributed by atoms with E-state index in [0.29, 0.717) is 25.0 Å². The summed E-state index contributed by atoms with van der Waals surface area (Å²) >= 11 is 0. The summed E-state index contributed by atoms with van der Waals surface area (Å²) in [6, 6.07) is 47.6. The van der Waals surface area contributed by atoms with E-state index in [-0.39, 0.29) is 69.0 Å². The summed E-state index contributed by atoms with van der Waals surface area (Å²) < 4.78 is 83.8. The average Bonchev–Trinajstić information content (AvgIpc) is 0.743. The zero-order valence-corrected chi connectivity index (χ0v) is 71.6. The standard InChI is InChI=1S/C92H139NO16Si2/c1-14-17-19-21-23-25-27-29-46-58-76(100-65-72-50-38-32-39-51-72)61-81(94)93-83-87(106-82(95)62-77(101-66-73-52-40-33-41-53-73)59-47-30-28-26-24-22-20-18-15-2)84(96)79(105-88(83)99-60-16-3)70-104-92(89(97)103-68-75-56-44-35-45-57-75)63-78(108-110(10,11)90(4,5)6)86(109-111(12,13)91(7,8)9)85(107-92)80(102-67-74-54-42-34-43-55-74)69-98-64-71-48-36-31-37-49-71/h16,31-45,48-57,76-80,83-88,96H,3,14-15,17-30,46-47,58-70H2,1-2,4-13H3,(H,93,94)/t76-,77-,78-,79-,80-,83-,84-,85-,86-,87-,88+,92?/m1/s1. The van der Waals surface area contributed by atoms with Gasteiger partial charge in [-0.1, -0.05) is 329 Å². The average molecular weight is 1570 g/mol. The van der Waals surface area contributed by atoms with Crippen molar-refractivity contribution in [2.75, 3.05) is 19.8 Å². The molecule has 2 aliphatic heterocycles. The first-order valence-corrected chi connectivity index (χ1v) is 47.7. The molecule has 19 heteroatoms. The van der Waals surface area contributed by atoms with Crippen LogP contribution in [0.25, 0.3) is 0 Å². The Morgan fingerprint density at radius 2 is 0.982 bits per heavy atom. The van der Waals surface area contributed by atoms with Gasteiger partial charge in [-0.25, -0.2) is 4.79 Å². The Morgan fingerprint density at radius 3 is 1.44 bits per heavy atom. The number of ether oxygens (including phenoxy) is 10. The molecule has 111 heavy (non-hydrogen) atoms. The van der Waals surface area contributed by atoms with Gasteiger partial charge >= 0.3 is 11.9 Å². The van der Waals surface area contributed by atoms with Crippen LogP contribution in [0.1, 0.15) is 231 Å². The van der Waals surface area contributed by atoms with E-state index in [9.17, 15) is 5.11 Å². The van der Waals surface area contributed by atoms with Gasteiger partial charge in [0.1, 0.15) is 37.1 Å². The summed E-state index contributed by atoms with van der Waals surface area (Å²) in [5.74, 6) is -4.33. The number of carbonyl (C=O) groups excluding carboxylic acids is 3. The molecule has 1 amide bonds. The largest absolute Gasteiger partial charge is 0.457 e. The Hall–Kier alpha value is -5.76. The quantitative estimate of drug-likeness (QED) is 0.0161.